The van der Waals surface area contributed by atoms with Gasteiger partial charge in [0.15, 0.2) is 9.84 Å². The van der Waals surface area contributed by atoms with Gasteiger partial charge in [0.2, 0.25) is 0 Å². The zero-order chi connectivity index (χ0) is 10.6. The van der Waals surface area contributed by atoms with Crippen molar-refractivity contribution in [3.63, 3.8) is 0 Å². The summed E-state index contributed by atoms with van der Waals surface area (Å²) in [5.74, 6) is 0.509. The summed E-state index contributed by atoms with van der Waals surface area (Å²) in [7, 11) is -3.16. The lowest BCUT2D eigenvalue weighted by molar-refractivity contribution is 0.592. The Bertz CT molecular complexity index is 384. The molecule has 1 aromatic rings. The molecule has 14 heavy (non-hydrogen) atoms. The fraction of sp³-hybridized carbons (Fsp3) is 0.444. The molecule has 0 saturated heterocycles. The molecule has 78 valence electrons. The second-order valence-corrected chi connectivity index (χ2v) is 5.20. The minimum Gasteiger partial charge on any atom is -0.384 e. The molecule has 5 heteroatoms. The van der Waals surface area contributed by atoms with Gasteiger partial charge in [-0.25, -0.2) is 13.4 Å². The van der Waals surface area contributed by atoms with Crippen LogP contribution in [0.4, 0.5) is 5.82 Å². The molecule has 0 spiro atoms. The number of nitrogens with two attached hydrogens (primary N) is 1. The van der Waals surface area contributed by atoms with Crippen molar-refractivity contribution in [2.75, 3.05) is 11.5 Å². The topological polar surface area (TPSA) is 73.0 Å². The number of rotatable bonds is 4. The Morgan fingerprint density at radius 2 is 2.14 bits per heavy atom. The summed E-state index contributed by atoms with van der Waals surface area (Å²) in [4.78, 5) is 4.00. The van der Waals surface area contributed by atoms with E-state index in [1.165, 1.54) is 18.3 Å². The smallest absolute Gasteiger partial charge is 0.179 e. The Balaban J connectivity index is 2.87. The molecule has 1 aromatic heterocycles. The Morgan fingerprint density at radius 3 is 2.64 bits per heavy atom. The minimum atomic E-state index is -3.16. The van der Waals surface area contributed by atoms with Gasteiger partial charge < -0.3 is 5.73 Å². The minimum absolute atomic E-state index is 0.176. The normalized spacial score (nSPS) is 11.5. The summed E-state index contributed by atoms with van der Waals surface area (Å²) in [6.45, 7) is 1.96. The van der Waals surface area contributed by atoms with E-state index >= 15 is 0 Å². The maximum absolute atomic E-state index is 11.6. The SMILES string of the molecule is CCCCS(=O)(=O)c1ccc(N)nc1. The summed E-state index contributed by atoms with van der Waals surface area (Å²) >= 11 is 0. The molecule has 1 rings (SSSR count). The third-order valence-electron chi connectivity index (χ3n) is 1.88. The Kier molecular flexibility index (Phi) is 3.46. The van der Waals surface area contributed by atoms with Gasteiger partial charge in [0.1, 0.15) is 5.82 Å². The number of nitrogens with zero attached hydrogens (tertiary/aromatic N) is 1. The van der Waals surface area contributed by atoms with Crippen LogP contribution in [0.2, 0.25) is 0 Å². The molecule has 0 unspecified atom stereocenters. The van der Waals surface area contributed by atoms with Crippen LogP contribution in [0.3, 0.4) is 0 Å². The first-order chi connectivity index (χ1) is 6.56. The summed E-state index contributed by atoms with van der Waals surface area (Å²) in [6, 6.07) is 2.99. The number of unbranched alkanes of at least 4 members (excludes halogenated alkanes) is 1. The molecule has 0 radical (unpaired) electrons. The second-order valence-electron chi connectivity index (χ2n) is 3.09. The van der Waals surface area contributed by atoms with Crippen LogP contribution in [0, 0.1) is 0 Å². The maximum Gasteiger partial charge on any atom is 0.179 e. The largest absolute Gasteiger partial charge is 0.384 e. The Hall–Kier alpha value is -1.10. The molecular weight excluding hydrogens is 200 g/mol. The molecule has 0 aliphatic heterocycles. The number of aromatic nitrogens is 1. The van der Waals surface area contributed by atoms with Gasteiger partial charge in [-0.1, -0.05) is 13.3 Å². The molecule has 0 amide bonds. The van der Waals surface area contributed by atoms with Crippen LogP contribution in [0.1, 0.15) is 19.8 Å². The molecule has 2 N–H and O–H groups in total. The van der Waals surface area contributed by atoms with E-state index < -0.39 is 9.84 Å². The van der Waals surface area contributed by atoms with E-state index in [-0.39, 0.29) is 10.6 Å². The molecule has 0 aliphatic rings. The number of hydrogen-bond acceptors (Lipinski definition) is 4. The predicted molar refractivity (Wildman–Crippen MR) is 55.6 cm³/mol. The van der Waals surface area contributed by atoms with Crippen molar-refractivity contribution in [2.24, 2.45) is 0 Å². The van der Waals surface area contributed by atoms with Gasteiger partial charge in [0.25, 0.3) is 0 Å². The van der Waals surface area contributed by atoms with Crippen molar-refractivity contribution < 1.29 is 8.42 Å². The Morgan fingerprint density at radius 1 is 1.43 bits per heavy atom. The molecule has 0 fully saturated rings. The van der Waals surface area contributed by atoms with Crippen molar-refractivity contribution in [2.45, 2.75) is 24.7 Å². The zero-order valence-corrected chi connectivity index (χ0v) is 8.92. The van der Waals surface area contributed by atoms with Gasteiger partial charge in [0.05, 0.1) is 10.6 Å². The monoisotopic (exact) mass is 214 g/mol. The molecule has 0 aromatic carbocycles. The van der Waals surface area contributed by atoms with Crippen LogP contribution in [0.5, 0.6) is 0 Å². The van der Waals surface area contributed by atoms with Crippen LogP contribution in [-0.4, -0.2) is 19.2 Å². The van der Waals surface area contributed by atoms with E-state index in [4.69, 9.17) is 5.73 Å². The van der Waals surface area contributed by atoms with Crippen LogP contribution in [0.15, 0.2) is 23.2 Å². The summed E-state index contributed by atoms with van der Waals surface area (Å²) in [5, 5.41) is 0. The van der Waals surface area contributed by atoms with Crippen LogP contribution in [0.25, 0.3) is 0 Å². The van der Waals surface area contributed by atoms with E-state index in [1.54, 1.807) is 0 Å². The van der Waals surface area contributed by atoms with E-state index in [9.17, 15) is 8.42 Å². The summed E-state index contributed by atoms with van der Waals surface area (Å²) < 4.78 is 23.2. The lowest BCUT2D eigenvalue weighted by Crippen LogP contribution is -2.07. The first-order valence-corrected chi connectivity index (χ1v) is 6.16. The quantitative estimate of drug-likeness (QED) is 0.818. The van der Waals surface area contributed by atoms with Crippen LogP contribution >= 0.6 is 0 Å². The molecule has 1 heterocycles. The lowest BCUT2D eigenvalue weighted by atomic mass is 10.4. The standard InChI is InChI=1S/C9H14N2O2S/c1-2-3-6-14(12,13)8-4-5-9(10)11-7-8/h4-5,7H,2-3,6H2,1H3,(H2,10,11). The first kappa shape index (κ1) is 11.0. The second kappa shape index (κ2) is 4.41. The number of sulfone groups is 1. The highest BCUT2D eigenvalue weighted by atomic mass is 32.2. The number of pyridine rings is 1. The Labute approximate surface area is 84.1 Å². The van der Waals surface area contributed by atoms with Crippen molar-refractivity contribution in [3.05, 3.63) is 18.3 Å². The number of hydrogen-bond donors (Lipinski definition) is 1. The van der Waals surface area contributed by atoms with E-state index in [2.05, 4.69) is 4.98 Å². The van der Waals surface area contributed by atoms with Gasteiger partial charge in [-0.3, -0.25) is 0 Å². The molecule has 0 bridgehead atoms. The fourth-order valence-corrected chi connectivity index (χ4v) is 2.42. The van der Waals surface area contributed by atoms with Crippen molar-refractivity contribution in [3.8, 4) is 0 Å². The van der Waals surface area contributed by atoms with E-state index in [0.29, 0.717) is 12.2 Å². The summed E-state index contributed by atoms with van der Waals surface area (Å²) in [6.07, 6.45) is 2.84. The van der Waals surface area contributed by atoms with Gasteiger partial charge in [0, 0.05) is 6.20 Å². The van der Waals surface area contributed by atoms with E-state index in [0.717, 1.165) is 6.42 Å². The third kappa shape index (κ3) is 2.70. The highest BCUT2D eigenvalue weighted by Crippen LogP contribution is 2.12. The molecular formula is C9H14N2O2S. The van der Waals surface area contributed by atoms with Gasteiger partial charge >= 0.3 is 0 Å². The summed E-state index contributed by atoms with van der Waals surface area (Å²) in [5.41, 5.74) is 5.36. The molecule has 4 nitrogen and oxygen atoms in total. The number of anilines is 1. The van der Waals surface area contributed by atoms with E-state index in [1.807, 2.05) is 6.92 Å². The average Bonchev–Trinajstić information content (AvgIpc) is 2.16. The van der Waals surface area contributed by atoms with Crippen LogP contribution < -0.4 is 5.73 Å². The van der Waals surface area contributed by atoms with Crippen molar-refractivity contribution in [1.82, 2.24) is 4.98 Å². The highest BCUT2D eigenvalue weighted by Gasteiger charge is 2.13. The van der Waals surface area contributed by atoms with Gasteiger partial charge in [-0.2, -0.15) is 0 Å². The predicted octanol–water partition coefficient (Wildman–Crippen LogP) is 1.24. The lowest BCUT2D eigenvalue weighted by Gasteiger charge is -2.02. The third-order valence-corrected chi connectivity index (χ3v) is 3.67. The van der Waals surface area contributed by atoms with Crippen molar-refractivity contribution >= 4 is 15.7 Å². The fourth-order valence-electron chi connectivity index (χ4n) is 1.03. The van der Waals surface area contributed by atoms with Gasteiger partial charge in [-0.05, 0) is 18.6 Å². The average molecular weight is 214 g/mol. The van der Waals surface area contributed by atoms with Gasteiger partial charge in [-0.15, -0.1) is 0 Å². The van der Waals surface area contributed by atoms with Crippen molar-refractivity contribution in [1.29, 1.82) is 0 Å². The molecule has 0 atom stereocenters. The highest BCUT2D eigenvalue weighted by molar-refractivity contribution is 7.91. The number of nitrogen functional groups attached to an aromatic ring is 1. The zero-order valence-electron chi connectivity index (χ0n) is 8.10. The van der Waals surface area contributed by atoms with Crippen LogP contribution in [-0.2, 0) is 9.84 Å². The maximum atomic E-state index is 11.6. The first-order valence-electron chi connectivity index (χ1n) is 4.50. The molecule has 0 aliphatic carbocycles. The molecule has 0 saturated carbocycles.